The second-order valence-electron chi connectivity index (χ2n) is 5.79. The van der Waals surface area contributed by atoms with Crippen LogP contribution in [0, 0.1) is 0 Å². The van der Waals surface area contributed by atoms with Crippen LogP contribution in [0.4, 0.5) is 0 Å². The molecule has 20 heavy (non-hydrogen) atoms. The van der Waals surface area contributed by atoms with Gasteiger partial charge in [-0.15, -0.1) is 0 Å². The van der Waals surface area contributed by atoms with Crippen molar-refractivity contribution < 1.29 is 8.42 Å². The predicted octanol–water partition coefficient (Wildman–Crippen LogP) is 1.03. The van der Waals surface area contributed by atoms with Crippen LogP contribution in [0.1, 0.15) is 32.1 Å². The molecule has 1 unspecified atom stereocenters. The van der Waals surface area contributed by atoms with Crippen molar-refractivity contribution in [1.29, 1.82) is 0 Å². The highest BCUT2D eigenvalue weighted by Crippen LogP contribution is 2.38. The Morgan fingerprint density at radius 2 is 2.30 bits per heavy atom. The number of hydrogen-bond acceptors (Lipinski definition) is 4. The first kappa shape index (κ1) is 14.3. The second kappa shape index (κ2) is 4.98. The summed E-state index contributed by atoms with van der Waals surface area (Å²) in [6.07, 6.45) is 6.50. The van der Waals surface area contributed by atoms with Gasteiger partial charge >= 0.3 is 0 Å². The molecule has 8 heteroatoms. The highest BCUT2D eigenvalue weighted by Gasteiger charge is 2.42. The molecule has 1 aliphatic carbocycles. The van der Waals surface area contributed by atoms with Crippen molar-refractivity contribution in [3.05, 3.63) is 11.2 Å². The molecule has 0 amide bonds. The lowest BCUT2D eigenvalue weighted by atomic mass is 9.70. The fourth-order valence-corrected chi connectivity index (χ4v) is 5.15. The fourth-order valence-electron chi connectivity index (χ4n) is 3.22. The van der Waals surface area contributed by atoms with Crippen LogP contribution in [-0.2, 0) is 17.1 Å². The Morgan fingerprint density at radius 1 is 1.55 bits per heavy atom. The third-order valence-corrected chi connectivity index (χ3v) is 6.38. The Kier molecular flexibility index (Phi) is 3.56. The molecule has 3 rings (SSSR count). The highest BCUT2D eigenvalue weighted by atomic mass is 35.5. The van der Waals surface area contributed by atoms with E-state index < -0.39 is 10.0 Å². The van der Waals surface area contributed by atoms with Gasteiger partial charge in [0, 0.05) is 18.6 Å². The van der Waals surface area contributed by atoms with E-state index in [0.717, 1.165) is 32.2 Å². The number of halogens is 1. The molecular weight excluding hydrogens is 300 g/mol. The number of aryl methyl sites for hydroxylation is 1. The Hall–Kier alpha value is -0.630. The first-order valence-corrected chi connectivity index (χ1v) is 8.73. The summed E-state index contributed by atoms with van der Waals surface area (Å²) in [6.45, 7) is 0.853. The molecular formula is C12H19ClN4O2S. The molecule has 1 saturated carbocycles. The molecule has 2 fully saturated rings. The molecule has 1 aromatic heterocycles. The van der Waals surface area contributed by atoms with E-state index >= 15 is 0 Å². The molecule has 2 N–H and O–H groups in total. The summed E-state index contributed by atoms with van der Waals surface area (Å²) in [5, 5.41) is 7.61. The van der Waals surface area contributed by atoms with Gasteiger partial charge in [-0.1, -0.05) is 11.6 Å². The maximum Gasteiger partial charge on any atom is 0.259 e. The summed E-state index contributed by atoms with van der Waals surface area (Å²) < 4.78 is 29.0. The SMILES string of the molecule is Cn1ncc(Cl)c1S(=O)(=O)NC1CCNC2(CCC2)C1. The van der Waals surface area contributed by atoms with E-state index in [-0.39, 0.29) is 21.6 Å². The van der Waals surface area contributed by atoms with Crippen LogP contribution in [0.5, 0.6) is 0 Å². The van der Waals surface area contributed by atoms with E-state index in [1.54, 1.807) is 7.05 Å². The van der Waals surface area contributed by atoms with E-state index in [2.05, 4.69) is 15.1 Å². The second-order valence-corrected chi connectivity index (χ2v) is 7.83. The number of aromatic nitrogens is 2. The van der Waals surface area contributed by atoms with Crippen LogP contribution in [0.15, 0.2) is 11.2 Å². The van der Waals surface area contributed by atoms with Crippen LogP contribution in [-0.4, -0.2) is 36.3 Å². The quantitative estimate of drug-likeness (QED) is 0.872. The number of rotatable bonds is 3. The van der Waals surface area contributed by atoms with Crippen LogP contribution < -0.4 is 10.0 Å². The lowest BCUT2D eigenvalue weighted by molar-refractivity contribution is 0.126. The average molecular weight is 319 g/mol. The number of nitrogens with zero attached hydrogens (tertiary/aromatic N) is 2. The Labute approximate surface area is 123 Å². The summed E-state index contributed by atoms with van der Waals surface area (Å²) in [7, 11) is -2.04. The zero-order chi connectivity index (χ0) is 14.4. The minimum absolute atomic E-state index is 0.0347. The molecule has 1 aromatic rings. The van der Waals surface area contributed by atoms with Crippen molar-refractivity contribution in [1.82, 2.24) is 19.8 Å². The van der Waals surface area contributed by atoms with Gasteiger partial charge in [0.2, 0.25) is 0 Å². The molecule has 1 atom stereocenters. The number of nitrogens with one attached hydrogen (secondary N) is 2. The van der Waals surface area contributed by atoms with Crippen LogP contribution in [0.25, 0.3) is 0 Å². The third-order valence-electron chi connectivity index (χ3n) is 4.36. The van der Waals surface area contributed by atoms with Crippen LogP contribution in [0.3, 0.4) is 0 Å². The van der Waals surface area contributed by atoms with Crippen LogP contribution >= 0.6 is 11.6 Å². The molecule has 2 aliphatic rings. The molecule has 0 radical (unpaired) electrons. The lowest BCUT2D eigenvalue weighted by Gasteiger charge is -2.48. The van der Waals surface area contributed by atoms with Gasteiger partial charge in [0.25, 0.3) is 10.0 Å². The topological polar surface area (TPSA) is 76.0 Å². The minimum atomic E-state index is -3.62. The summed E-state index contributed by atoms with van der Waals surface area (Å²) in [5.41, 5.74) is 0.154. The van der Waals surface area contributed by atoms with Crippen molar-refractivity contribution in [2.24, 2.45) is 7.05 Å². The summed E-state index contributed by atoms with van der Waals surface area (Å²) in [4.78, 5) is 0. The van der Waals surface area contributed by atoms with Crippen molar-refractivity contribution in [3.8, 4) is 0 Å². The van der Waals surface area contributed by atoms with Gasteiger partial charge in [0.05, 0.1) is 11.2 Å². The molecule has 6 nitrogen and oxygen atoms in total. The number of sulfonamides is 1. The van der Waals surface area contributed by atoms with Gasteiger partial charge in [-0.3, -0.25) is 4.68 Å². The fraction of sp³-hybridized carbons (Fsp3) is 0.750. The van der Waals surface area contributed by atoms with Crippen molar-refractivity contribution in [3.63, 3.8) is 0 Å². The zero-order valence-electron chi connectivity index (χ0n) is 11.4. The molecule has 1 aliphatic heterocycles. The van der Waals surface area contributed by atoms with Gasteiger partial charge in [-0.05, 0) is 38.6 Å². The molecule has 1 saturated heterocycles. The van der Waals surface area contributed by atoms with E-state index in [1.807, 2.05) is 0 Å². The third kappa shape index (κ3) is 2.47. The Bertz CT molecular complexity index is 589. The number of piperidine rings is 1. The van der Waals surface area contributed by atoms with Gasteiger partial charge in [-0.2, -0.15) is 5.10 Å². The molecule has 2 heterocycles. The summed E-state index contributed by atoms with van der Waals surface area (Å²) in [6, 6.07) is -0.0347. The average Bonchev–Trinajstić information content (AvgIpc) is 2.67. The lowest BCUT2D eigenvalue weighted by Crippen LogP contribution is -2.59. The van der Waals surface area contributed by atoms with Gasteiger partial charge in [0.15, 0.2) is 5.03 Å². The zero-order valence-corrected chi connectivity index (χ0v) is 13.0. The standard InChI is InChI=1S/C12H19ClN4O2S/c1-17-11(10(13)8-15-17)20(18,19)16-9-3-6-14-12(7-9)4-2-5-12/h8-9,14,16H,2-7H2,1H3. The van der Waals surface area contributed by atoms with Gasteiger partial charge < -0.3 is 5.32 Å². The summed E-state index contributed by atoms with van der Waals surface area (Å²) in [5.74, 6) is 0. The first-order valence-electron chi connectivity index (χ1n) is 6.87. The number of hydrogen-bond donors (Lipinski definition) is 2. The van der Waals surface area contributed by atoms with Crippen molar-refractivity contribution in [2.75, 3.05) is 6.54 Å². The highest BCUT2D eigenvalue weighted by molar-refractivity contribution is 7.89. The first-order chi connectivity index (χ1) is 9.42. The summed E-state index contributed by atoms with van der Waals surface area (Å²) >= 11 is 5.93. The van der Waals surface area contributed by atoms with E-state index in [9.17, 15) is 8.42 Å². The van der Waals surface area contributed by atoms with Gasteiger partial charge in [0.1, 0.15) is 0 Å². The molecule has 0 bridgehead atoms. The Balaban J connectivity index is 1.76. The predicted molar refractivity (Wildman–Crippen MR) is 76.1 cm³/mol. The smallest absolute Gasteiger partial charge is 0.259 e. The minimum Gasteiger partial charge on any atom is -0.311 e. The van der Waals surface area contributed by atoms with Crippen LogP contribution in [0.2, 0.25) is 5.02 Å². The van der Waals surface area contributed by atoms with Gasteiger partial charge in [-0.25, -0.2) is 13.1 Å². The molecule has 112 valence electrons. The van der Waals surface area contributed by atoms with E-state index in [4.69, 9.17) is 11.6 Å². The largest absolute Gasteiger partial charge is 0.311 e. The maximum absolute atomic E-state index is 12.4. The van der Waals surface area contributed by atoms with E-state index in [1.165, 1.54) is 17.3 Å². The molecule has 0 aromatic carbocycles. The molecule has 1 spiro atoms. The normalized spacial score (nSPS) is 25.6. The maximum atomic E-state index is 12.4. The Morgan fingerprint density at radius 3 is 2.85 bits per heavy atom. The monoisotopic (exact) mass is 318 g/mol. The van der Waals surface area contributed by atoms with E-state index in [0.29, 0.717) is 0 Å². The van der Waals surface area contributed by atoms with Crippen molar-refractivity contribution in [2.45, 2.75) is 48.7 Å². The van der Waals surface area contributed by atoms with Crippen molar-refractivity contribution >= 4 is 21.6 Å².